The summed E-state index contributed by atoms with van der Waals surface area (Å²) in [6.07, 6.45) is -1.47. The van der Waals surface area contributed by atoms with E-state index in [2.05, 4.69) is 4.74 Å². The monoisotopic (exact) mass is 399 g/mol. The van der Waals surface area contributed by atoms with Gasteiger partial charge < -0.3 is 14.5 Å². The van der Waals surface area contributed by atoms with Crippen molar-refractivity contribution in [1.29, 1.82) is 0 Å². The van der Waals surface area contributed by atoms with Gasteiger partial charge in [-0.15, -0.1) is 13.2 Å². The summed E-state index contributed by atoms with van der Waals surface area (Å²) in [5, 5.41) is 0. The molecule has 0 atom stereocenters. The van der Waals surface area contributed by atoms with Crippen molar-refractivity contribution in [1.82, 2.24) is 14.7 Å². The number of alkyl halides is 3. The average molecular weight is 399 g/mol. The molecule has 2 aliphatic rings. The van der Waals surface area contributed by atoms with Crippen LogP contribution in [0.2, 0.25) is 0 Å². The van der Waals surface area contributed by atoms with Crippen LogP contribution in [0, 0.1) is 0 Å². The number of halogens is 3. The summed E-state index contributed by atoms with van der Waals surface area (Å²) in [6.45, 7) is 4.17. The average Bonchev–Trinajstić information content (AvgIpc) is 2.68. The van der Waals surface area contributed by atoms with Crippen LogP contribution in [0.5, 0.6) is 5.75 Å². The van der Waals surface area contributed by atoms with Gasteiger partial charge in [0.15, 0.2) is 0 Å². The van der Waals surface area contributed by atoms with E-state index in [0.717, 1.165) is 38.1 Å². The molecule has 9 heteroatoms. The molecule has 2 amide bonds. The normalized spacial score (nSPS) is 18.8. The first kappa shape index (κ1) is 20.4. The highest BCUT2D eigenvalue weighted by atomic mass is 19.4. The van der Waals surface area contributed by atoms with Crippen LogP contribution in [0.3, 0.4) is 0 Å². The van der Waals surface area contributed by atoms with Crippen LogP contribution in [-0.2, 0) is 4.79 Å². The van der Waals surface area contributed by atoms with Crippen LogP contribution in [0.4, 0.5) is 13.2 Å². The van der Waals surface area contributed by atoms with E-state index in [1.807, 2.05) is 9.80 Å². The van der Waals surface area contributed by atoms with Gasteiger partial charge in [0, 0.05) is 44.8 Å². The Labute approximate surface area is 161 Å². The smallest absolute Gasteiger partial charge is 0.406 e. The molecular weight excluding hydrogens is 375 g/mol. The van der Waals surface area contributed by atoms with Crippen LogP contribution in [-0.4, -0.2) is 78.7 Å². The lowest BCUT2D eigenvalue weighted by atomic mass is 10.1. The second-order valence-corrected chi connectivity index (χ2v) is 7.08. The van der Waals surface area contributed by atoms with Crippen LogP contribution >= 0.6 is 0 Å². The van der Waals surface area contributed by atoms with Gasteiger partial charge in [-0.2, -0.15) is 0 Å². The van der Waals surface area contributed by atoms with Crippen LogP contribution in [0.1, 0.15) is 29.6 Å². The number of benzene rings is 1. The van der Waals surface area contributed by atoms with E-state index in [1.165, 1.54) is 18.6 Å². The molecule has 0 aromatic heterocycles. The van der Waals surface area contributed by atoms with Crippen molar-refractivity contribution in [2.75, 3.05) is 45.8 Å². The van der Waals surface area contributed by atoms with Gasteiger partial charge in [0.2, 0.25) is 5.91 Å². The third kappa shape index (κ3) is 5.60. The number of hydrogen-bond donors (Lipinski definition) is 0. The molecule has 0 N–H and O–H groups in total. The fourth-order valence-electron chi connectivity index (χ4n) is 3.53. The van der Waals surface area contributed by atoms with E-state index in [-0.39, 0.29) is 17.6 Å². The fourth-order valence-corrected chi connectivity index (χ4v) is 3.53. The molecule has 0 saturated carbocycles. The molecule has 0 unspecified atom stereocenters. The Balaban J connectivity index is 1.47. The van der Waals surface area contributed by atoms with Crippen molar-refractivity contribution in [3.05, 3.63) is 29.8 Å². The van der Waals surface area contributed by atoms with E-state index < -0.39 is 6.36 Å². The van der Waals surface area contributed by atoms with Crippen LogP contribution in [0.25, 0.3) is 0 Å². The summed E-state index contributed by atoms with van der Waals surface area (Å²) in [6, 6.07) is 4.92. The number of nitrogens with zero attached hydrogens (tertiary/aromatic N) is 3. The Morgan fingerprint density at radius 1 is 0.857 bits per heavy atom. The Kier molecular flexibility index (Phi) is 6.43. The molecular formula is C19H24F3N3O3. The highest BCUT2D eigenvalue weighted by molar-refractivity contribution is 5.94. The van der Waals surface area contributed by atoms with Gasteiger partial charge in [0.1, 0.15) is 5.75 Å². The molecule has 6 nitrogen and oxygen atoms in total. The zero-order valence-corrected chi connectivity index (χ0v) is 15.6. The molecule has 1 aromatic carbocycles. The molecule has 0 radical (unpaired) electrons. The molecule has 2 fully saturated rings. The number of piperazine rings is 1. The molecule has 0 spiro atoms. The molecule has 2 saturated heterocycles. The summed E-state index contributed by atoms with van der Waals surface area (Å²) in [4.78, 5) is 30.5. The van der Waals surface area contributed by atoms with Crippen molar-refractivity contribution in [2.24, 2.45) is 0 Å². The minimum Gasteiger partial charge on any atom is -0.406 e. The maximum atomic E-state index is 12.5. The second-order valence-electron chi connectivity index (χ2n) is 7.08. The van der Waals surface area contributed by atoms with Crippen molar-refractivity contribution in [3.63, 3.8) is 0 Å². The summed E-state index contributed by atoms with van der Waals surface area (Å²) >= 11 is 0. The zero-order valence-electron chi connectivity index (χ0n) is 15.6. The Morgan fingerprint density at radius 3 is 2.04 bits per heavy atom. The van der Waals surface area contributed by atoms with Crippen molar-refractivity contribution in [3.8, 4) is 5.75 Å². The highest BCUT2D eigenvalue weighted by Crippen LogP contribution is 2.23. The van der Waals surface area contributed by atoms with Gasteiger partial charge in [-0.05, 0) is 43.5 Å². The number of ether oxygens (including phenoxy) is 1. The Bertz CT molecular complexity index is 680. The first-order valence-corrected chi connectivity index (χ1v) is 9.47. The number of rotatable bonds is 4. The molecule has 154 valence electrons. The van der Waals surface area contributed by atoms with Gasteiger partial charge in [0.05, 0.1) is 6.54 Å². The Morgan fingerprint density at radius 2 is 1.46 bits per heavy atom. The number of piperidine rings is 1. The number of likely N-dealkylation sites (tertiary alicyclic amines) is 1. The van der Waals surface area contributed by atoms with E-state index in [9.17, 15) is 22.8 Å². The van der Waals surface area contributed by atoms with Crippen molar-refractivity contribution in [2.45, 2.75) is 25.6 Å². The van der Waals surface area contributed by atoms with Crippen LogP contribution in [0.15, 0.2) is 24.3 Å². The summed E-state index contributed by atoms with van der Waals surface area (Å²) < 4.78 is 40.4. The summed E-state index contributed by atoms with van der Waals surface area (Å²) in [7, 11) is 0. The maximum Gasteiger partial charge on any atom is 0.573 e. The van der Waals surface area contributed by atoms with Crippen LogP contribution < -0.4 is 4.74 Å². The summed E-state index contributed by atoms with van der Waals surface area (Å²) in [5.74, 6) is -0.453. The van der Waals surface area contributed by atoms with E-state index >= 15 is 0 Å². The fraction of sp³-hybridized carbons (Fsp3) is 0.579. The Hall–Kier alpha value is -2.29. The highest BCUT2D eigenvalue weighted by Gasteiger charge is 2.31. The minimum atomic E-state index is -4.76. The summed E-state index contributed by atoms with van der Waals surface area (Å²) in [5.41, 5.74) is 0.312. The largest absolute Gasteiger partial charge is 0.573 e. The first-order chi connectivity index (χ1) is 13.3. The van der Waals surface area contributed by atoms with Gasteiger partial charge in [0.25, 0.3) is 5.91 Å². The molecule has 2 aliphatic heterocycles. The standard InChI is InChI=1S/C19H24F3N3O3/c20-19(21,22)28-16-6-4-15(5-7-16)18(27)25-12-10-23(11-13-25)14-17(26)24-8-2-1-3-9-24/h4-7H,1-3,8-14H2. The third-order valence-corrected chi connectivity index (χ3v) is 5.06. The van der Waals surface area contributed by atoms with Gasteiger partial charge >= 0.3 is 6.36 Å². The number of amides is 2. The molecule has 28 heavy (non-hydrogen) atoms. The SMILES string of the molecule is O=C(CN1CCN(C(=O)c2ccc(OC(F)(F)F)cc2)CC1)N1CCCCC1. The maximum absolute atomic E-state index is 12.5. The minimum absolute atomic E-state index is 0.139. The number of carbonyl (C=O) groups excluding carboxylic acids is 2. The van der Waals surface area contributed by atoms with E-state index in [0.29, 0.717) is 38.3 Å². The molecule has 3 rings (SSSR count). The third-order valence-electron chi connectivity index (χ3n) is 5.06. The van der Waals surface area contributed by atoms with E-state index in [1.54, 1.807) is 4.90 Å². The predicted molar refractivity (Wildman–Crippen MR) is 95.9 cm³/mol. The van der Waals surface area contributed by atoms with Gasteiger partial charge in [-0.3, -0.25) is 14.5 Å². The van der Waals surface area contributed by atoms with Crippen molar-refractivity contribution < 1.29 is 27.5 Å². The molecule has 0 bridgehead atoms. The molecule has 2 heterocycles. The molecule has 1 aromatic rings. The topological polar surface area (TPSA) is 53.1 Å². The first-order valence-electron chi connectivity index (χ1n) is 9.47. The lowest BCUT2D eigenvalue weighted by Gasteiger charge is -2.36. The molecule has 0 aliphatic carbocycles. The predicted octanol–water partition coefficient (Wildman–Crippen LogP) is 2.36. The van der Waals surface area contributed by atoms with Gasteiger partial charge in [-0.25, -0.2) is 0 Å². The van der Waals surface area contributed by atoms with E-state index in [4.69, 9.17) is 0 Å². The number of hydrogen-bond acceptors (Lipinski definition) is 4. The second kappa shape index (κ2) is 8.81. The van der Waals surface area contributed by atoms with Crippen molar-refractivity contribution >= 4 is 11.8 Å². The number of carbonyl (C=O) groups is 2. The van der Waals surface area contributed by atoms with Gasteiger partial charge in [-0.1, -0.05) is 0 Å². The lowest BCUT2D eigenvalue weighted by Crippen LogP contribution is -2.52. The zero-order chi connectivity index (χ0) is 20.1. The quantitative estimate of drug-likeness (QED) is 0.780. The lowest BCUT2D eigenvalue weighted by molar-refractivity contribution is -0.274.